The minimum Gasteiger partial charge on any atom is -0.316 e. The van der Waals surface area contributed by atoms with Crippen molar-refractivity contribution in [2.75, 3.05) is 31.9 Å². The van der Waals surface area contributed by atoms with Crippen LogP contribution in [0, 0.1) is 11.8 Å². The van der Waals surface area contributed by atoms with Crippen molar-refractivity contribution in [1.29, 1.82) is 0 Å². The molecule has 0 amide bonds. The van der Waals surface area contributed by atoms with Gasteiger partial charge in [-0.3, -0.25) is 0 Å². The lowest BCUT2D eigenvalue weighted by molar-refractivity contribution is 0.333. The third-order valence-corrected chi connectivity index (χ3v) is 4.12. The van der Waals surface area contributed by atoms with Gasteiger partial charge in [0.05, 0.1) is 5.75 Å². The van der Waals surface area contributed by atoms with E-state index >= 15 is 0 Å². The van der Waals surface area contributed by atoms with Crippen LogP contribution in [-0.2, 0) is 10.0 Å². The molecule has 4 nitrogen and oxygen atoms in total. The molecule has 0 saturated carbocycles. The summed E-state index contributed by atoms with van der Waals surface area (Å²) < 4.78 is 26.0. The van der Waals surface area contributed by atoms with E-state index in [1.165, 1.54) is 0 Å². The van der Waals surface area contributed by atoms with E-state index in [4.69, 9.17) is 0 Å². The summed E-state index contributed by atoms with van der Waals surface area (Å²) in [6.45, 7) is 12.8. The zero-order valence-corrected chi connectivity index (χ0v) is 12.7. The summed E-state index contributed by atoms with van der Waals surface area (Å²) in [4.78, 5) is 0. The lowest BCUT2D eigenvalue weighted by atomic mass is 10.2. The molecular weight excluding hydrogens is 236 g/mol. The molecule has 0 spiro atoms. The predicted octanol–water partition coefficient (Wildman–Crippen LogP) is 1.54. The Labute approximate surface area is 107 Å². The number of hydrogen-bond donors (Lipinski definition) is 1. The molecule has 17 heavy (non-hydrogen) atoms. The van der Waals surface area contributed by atoms with Gasteiger partial charge in [-0.2, -0.15) is 0 Å². The van der Waals surface area contributed by atoms with Crippen LogP contribution in [0.1, 0.15) is 34.6 Å². The van der Waals surface area contributed by atoms with E-state index in [-0.39, 0.29) is 5.75 Å². The zero-order chi connectivity index (χ0) is 13.5. The molecule has 0 bridgehead atoms. The highest BCUT2D eigenvalue weighted by Crippen LogP contribution is 2.09. The van der Waals surface area contributed by atoms with Crippen LogP contribution in [0.25, 0.3) is 0 Å². The van der Waals surface area contributed by atoms with Crippen molar-refractivity contribution >= 4 is 10.0 Å². The number of nitrogens with one attached hydrogen (secondary N) is 1. The van der Waals surface area contributed by atoms with E-state index in [9.17, 15) is 8.42 Å². The summed E-state index contributed by atoms with van der Waals surface area (Å²) in [6, 6.07) is 0. The molecule has 0 rings (SSSR count). The van der Waals surface area contributed by atoms with Gasteiger partial charge >= 0.3 is 0 Å². The molecule has 5 heteroatoms. The molecule has 0 atom stereocenters. The van der Waals surface area contributed by atoms with E-state index < -0.39 is 10.0 Å². The largest absolute Gasteiger partial charge is 0.316 e. The van der Waals surface area contributed by atoms with Gasteiger partial charge in [0.25, 0.3) is 0 Å². The molecule has 0 aromatic heterocycles. The first-order valence-corrected chi connectivity index (χ1v) is 8.09. The van der Waals surface area contributed by atoms with Crippen LogP contribution in [0.2, 0.25) is 0 Å². The van der Waals surface area contributed by atoms with Crippen molar-refractivity contribution in [2.45, 2.75) is 34.6 Å². The van der Waals surface area contributed by atoms with E-state index in [0.29, 0.717) is 31.5 Å². The van der Waals surface area contributed by atoms with Crippen molar-refractivity contribution in [3.8, 4) is 0 Å². The molecule has 104 valence electrons. The van der Waals surface area contributed by atoms with E-state index in [1.54, 1.807) is 4.31 Å². The normalized spacial score (nSPS) is 12.9. The molecule has 0 aliphatic rings. The quantitative estimate of drug-likeness (QED) is 0.643. The molecule has 0 aromatic carbocycles. The van der Waals surface area contributed by atoms with Gasteiger partial charge in [0, 0.05) is 19.6 Å². The van der Waals surface area contributed by atoms with Crippen LogP contribution < -0.4 is 5.32 Å². The molecule has 1 N–H and O–H groups in total. The summed E-state index contributed by atoms with van der Waals surface area (Å²) in [5.41, 5.74) is 0. The smallest absolute Gasteiger partial charge is 0.215 e. The standard InChI is InChI=1S/C12H28N2O2S/c1-6-13-7-8-17(15,16)14(9-11(2)3)10-12(4)5/h11-13H,6-10H2,1-5H3. The predicted molar refractivity (Wildman–Crippen MR) is 73.6 cm³/mol. The Morgan fingerprint density at radius 3 is 1.88 bits per heavy atom. The number of rotatable bonds is 9. The highest BCUT2D eigenvalue weighted by Gasteiger charge is 2.22. The second kappa shape index (κ2) is 8.06. The summed E-state index contributed by atoms with van der Waals surface area (Å²) in [7, 11) is -3.11. The van der Waals surface area contributed by atoms with E-state index in [2.05, 4.69) is 5.32 Å². The summed E-state index contributed by atoms with van der Waals surface area (Å²) in [6.07, 6.45) is 0. The Morgan fingerprint density at radius 1 is 1.06 bits per heavy atom. The highest BCUT2D eigenvalue weighted by molar-refractivity contribution is 7.89. The Hall–Kier alpha value is -0.130. The van der Waals surface area contributed by atoms with Gasteiger partial charge in [-0.1, -0.05) is 34.6 Å². The first kappa shape index (κ1) is 16.9. The van der Waals surface area contributed by atoms with Gasteiger partial charge in [0.1, 0.15) is 0 Å². The third kappa shape index (κ3) is 7.73. The molecule has 0 unspecified atom stereocenters. The maximum atomic E-state index is 12.2. The monoisotopic (exact) mass is 264 g/mol. The van der Waals surface area contributed by atoms with E-state index in [0.717, 1.165) is 6.54 Å². The Kier molecular flexibility index (Phi) is 8.00. The second-order valence-corrected chi connectivity index (χ2v) is 7.36. The molecule has 0 aromatic rings. The number of nitrogens with zero attached hydrogens (tertiary/aromatic N) is 1. The van der Waals surface area contributed by atoms with Crippen molar-refractivity contribution < 1.29 is 8.42 Å². The maximum Gasteiger partial charge on any atom is 0.215 e. The number of hydrogen-bond acceptors (Lipinski definition) is 3. The maximum absolute atomic E-state index is 12.2. The SMILES string of the molecule is CCNCCS(=O)(=O)N(CC(C)C)CC(C)C. The van der Waals surface area contributed by atoms with Crippen LogP contribution in [0.5, 0.6) is 0 Å². The lowest BCUT2D eigenvalue weighted by Gasteiger charge is -2.25. The Balaban J connectivity index is 4.53. The van der Waals surface area contributed by atoms with Crippen LogP contribution >= 0.6 is 0 Å². The summed E-state index contributed by atoms with van der Waals surface area (Å²) in [5.74, 6) is 0.922. The zero-order valence-electron chi connectivity index (χ0n) is 11.9. The first-order valence-electron chi connectivity index (χ1n) is 6.48. The van der Waals surface area contributed by atoms with Crippen molar-refractivity contribution in [3.63, 3.8) is 0 Å². The Morgan fingerprint density at radius 2 is 1.53 bits per heavy atom. The topological polar surface area (TPSA) is 49.4 Å². The molecule has 0 radical (unpaired) electrons. The molecular formula is C12H28N2O2S. The van der Waals surface area contributed by atoms with Gasteiger partial charge in [0.2, 0.25) is 10.0 Å². The van der Waals surface area contributed by atoms with Crippen molar-refractivity contribution in [3.05, 3.63) is 0 Å². The fourth-order valence-electron chi connectivity index (χ4n) is 1.62. The highest BCUT2D eigenvalue weighted by atomic mass is 32.2. The fraction of sp³-hybridized carbons (Fsp3) is 1.00. The molecule has 0 aliphatic carbocycles. The minimum absolute atomic E-state index is 0.195. The molecule has 0 saturated heterocycles. The minimum atomic E-state index is -3.11. The third-order valence-electron chi connectivity index (χ3n) is 2.32. The first-order chi connectivity index (χ1) is 7.79. The molecule has 0 heterocycles. The van der Waals surface area contributed by atoms with Crippen LogP contribution in [0.3, 0.4) is 0 Å². The Bertz CT molecular complexity index is 277. The van der Waals surface area contributed by atoms with Gasteiger partial charge in [-0.15, -0.1) is 0 Å². The lowest BCUT2D eigenvalue weighted by Crippen LogP contribution is -2.40. The summed E-state index contributed by atoms with van der Waals surface area (Å²) >= 11 is 0. The van der Waals surface area contributed by atoms with Crippen LogP contribution in [-0.4, -0.2) is 44.7 Å². The average molecular weight is 264 g/mol. The second-order valence-electron chi connectivity index (χ2n) is 5.27. The molecule has 0 fully saturated rings. The molecule has 0 aliphatic heterocycles. The van der Waals surface area contributed by atoms with Gasteiger partial charge in [-0.05, 0) is 18.4 Å². The summed E-state index contributed by atoms with van der Waals surface area (Å²) in [5, 5.41) is 3.06. The van der Waals surface area contributed by atoms with Crippen LogP contribution in [0.4, 0.5) is 0 Å². The van der Waals surface area contributed by atoms with Crippen molar-refractivity contribution in [1.82, 2.24) is 9.62 Å². The van der Waals surface area contributed by atoms with Crippen molar-refractivity contribution in [2.24, 2.45) is 11.8 Å². The van der Waals surface area contributed by atoms with Gasteiger partial charge < -0.3 is 5.32 Å². The van der Waals surface area contributed by atoms with Gasteiger partial charge in [-0.25, -0.2) is 12.7 Å². The van der Waals surface area contributed by atoms with Gasteiger partial charge in [0.15, 0.2) is 0 Å². The van der Waals surface area contributed by atoms with E-state index in [1.807, 2.05) is 34.6 Å². The fourth-order valence-corrected chi connectivity index (χ4v) is 3.33. The average Bonchev–Trinajstić information content (AvgIpc) is 2.15. The van der Waals surface area contributed by atoms with Crippen LogP contribution in [0.15, 0.2) is 0 Å². The number of sulfonamides is 1.